The lowest BCUT2D eigenvalue weighted by molar-refractivity contribution is 0.490. The molecule has 0 bridgehead atoms. The van der Waals surface area contributed by atoms with Gasteiger partial charge in [0.05, 0.1) is 11.9 Å². The van der Waals surface area contributed by atoms with Gasteiger partial charge in [0.15, 0.2) is 0 Å². The fourth-order valence-electron chi connectivity index (χ4n) is 1.01. The lowest BCUT2D eigenvalue weighted by Gasteiger charge is -2.14. The minimum atomic E-state index is -0.862. The normalized spacial score (nSPS) is 12.0. The van der Waals surface area contributed by atoms with Crippen LogP contribution < -0.4 is 0 Å². The monoisotopic (exact) mass is 229 g/mol. The highest BCUT2D eigenvalue weighted by molar-refractivity contribution is 7.98. The molecule has 0 radical (unpaired) electrons. The van der Waals surface area contributed by atoms with Crippen LogP contribution in [0.25, 0.3) is 0 Å². The van der Waals surface area contributed by atoms with E-state index in [1.165, 1.54) is 11.8 Å². The molecule has 0 spiro atoms. The van der Waals surface area contributed by atoms with Gasteiger partial charge in [0, 0.05) is 8.07 Å². The molecule has 0 unspecified atom stereocenters. The van der Waals surface area contributed by atoms with Crippen molar-refractivity contribution in [1.29, 1.82) is 0 Å². The average molecular weight is 229 g/mol. The van der Waals surface area contributed by atoms with Crippen LogP contribution in [0.15, 0.2) is 10.6 Å². The fourth-order valence-corrected chi connectivity index (χ4v) is 4.49. The van der Waals surface area contributed by atoms with Gasteiger partial charge in [-0.05, 0) is 18.7 Å². The van der Waals surface area contributed by atoms with E-state index in [1.54, 1.807) is 6.20 Å². The summed E-state index contributed by atoms with van der Waals surface area (Å²) in [5, 5.41) is 0. The fraction of sp³-hybridized carbons (Fsp3) is 0.700. The molecule has 0 saturated heterocycles. The van der Waals surface area contributed by atoms with Gasteiger partial charge in [-0.3, -0.25) is 0 Å². The highest BCUT2D eigenvalue weighted by Crippen LogP contribution is 2.17. The number of hydrogen-bond donors (Lipinski definition) is 0. The SMILES string of the molecule is Cc1cnc(CSCC[Si](C)(C)C)o1. The van der Waals surface area contributed by atoms with Gasteiger partial charge in [-0.15, -0.1) is 0 Å². The van der Waals surface area contributed by atoms with Gasteiger partial charge in [-0.2, -0.15) is 11.8 Å². The van der Waals surface area contributed by atoms with Gasteiger partial charge in [0.25, 0.3) is 0 Å². The minimum absolute atomic E-state index is 0.862. The van der Waals surface area contributed by atoms with Gasteiger partial charge in [0.2, 0.25) is 5.89 Å². The lowest BCUT2D eigenvalue weighted by atomic mass is 10.6. The first-order valence-corrected chi connectivity index (χ1v) is 9.82. The number of thioether (sulfide) groups is 1. The smallest absolute Gasteiger partial charge is 0.204 e. The van der Waals surface area contributed by atoms with E-state index in [2.05, 4.69) is 24.6 Å². The second kappa shape index (κ2) is 5.03. The van der Waals surface area contributed by atoms with Gasteiger partial charge in [-0.25, -0.2) is 4.98 Å². The summed E-state index contributed by atoms with van der Waals surface area (Å²) in [7, 11) is -0.862. The van der Waals surface area contributed by atoms with Crippen molar-refractivity contribution in [2.24, 2.45) is 0 Å². The van der Waals surface area contributed by atoms with Crippen molar-refractivity contribution < 1.29 is 4.42 Å². The lowest BCUT2D eigenvalue weighted by Crippen LogP contribution is -2.19. The zero-order chi connectivity index (χ0) is 10.6. The third-order valence-corrected chi connectivity index (χ3v) is 4.95. The zero-order valence-electron chi connectivity index (χ0n) is 9.46. The first-order valence-electron chi connectivity index (χ1n) is 4.96. The standard InChI is InChI=1S/C10H19NOSSi/c1-9-7-11-10(12-9)8-13-5-6-14(2,3)4/h7H,5-6,8H2,1-4H3. The van der Waals surface area contributed by atoms with Gasteiger partial charge < -0.3 is 4.42 Å². The summed E-state index contributed by atoms with van der Waals surface area (Å²) in [6.07, 6.45) is 1.79. The summed E-state index contributed by atoms with van der Waals surface area (Å²) < 4.78 is 5.40. The summed E-state index contributed by atoms with van der Waals surface area (Å²) in [5.74, 6) is 3.92. The van der Waals surface area contributed by atoms with Gasteiger partial charge >= 0.3 is 0 Å². The Balaban J connectivity index is 2.16. The summed E-state index contributed by atoms with van der Waals surface area (Å²) in [6.45, 7) is 9.15. The maximum absolute atomic E-state index is 5.40. The second-order valence-electron chi connectivity index (χ2n) is 4.73. The van der Waals surface area contributed by atoms with Crippen molar-refractivity contribution in [2.45, 2.75) is 38.4 Å². The Morgan fingerprint density at radius 1 is 1.43 bits per heavy atom. The predicted octanol–water partition coefficient (Wildman–Crippen LogP) is 3.55. The molecule has 1 heterocycles. The van der Waals surface area contributed by atoms with E-state index in [1.807, 2.05) is 18.7 Å². The van der Waals surface area contributed by atoms with E-state index >= 15 is 0 Å². The predicted molar refractivity (Wildman–Crippen MR) is 65.6 cm³/mol. The first-order chi connectivity index (χ1) is 6.47. The summed E-state index contributed by atoms with van der Waals surface area (Å²) in [6, 6.07) is 1.37. The van der Waals surface area contributed by atoms with E-state index in [0.29, 0.717) is 0 Å². The van der Waals surface area contributed by atoms with Crippen LogP contribution in [0.5, 0.6) is 0 Å². The molecule has 1 rings (SSSR count). The molecule has 0 atom stereocenters. The molecular formula is C10H19NOSSi. The van der Waals surface area contributed by atoms with Crippen LogP contribution in [-0.2, 0) is 5.75 Å². The van der Waals surface area contributed by atoms with Crippen molar-refractivity contribution in [3.05, 3.63) is 17.8 Å². The Bertz CT molecular complexity index is 280. The number of aromatic nitrogens is 1. The van der Waals surface area contributed by atoms with E-state index in [0.717, 1.165) is 17.4 Å². The molecule has 0 amide bonds. The van der Waals surface area contributed by atoms with Crippen molar-refractivity contribution in [1.82, 2.24) is 4.98 Å². The molecule has 14 heavy (non-hydrogen) atoms. The molecular weight excluding hydrogens is 210 g/mol. The van der Waals surface area contributed by atoms with Crippen LogP contribution in [0, 0.1) is 6.92 Å². The average Bonchev–Trinajstić information content (AvgIpc) is 2.44. The Kier molecular flexibility index (Phi) is 4.25. The molecule has 0 aliphatic heterocycles. The van der Waals surface area contributed by atoms with Gasteiger partial charge in [-0.1, -0.05) is 19.6 Å². The Hall–Kier alpha value is -0.223. The molecule has 0 aliphatic rings. The molecule has 0 fully saturated rings. The molecule has 1 aromatic heterocycles. The molecule has 4 heteroatoms. The first kappa shape index (κ1) is 11.8. The summed E-state index contributed by atoms with van der Waals surface area (Å²) in [5.41, 5.74) is 0. The van der Waals surface area contributed by atoms with Crippen molar-refractivity contribution in [3.8, 4) is 0 Å². The van der Waals surface area contributed by atoms with E-state index in [4.69, 9.17) is 4.42 Å². The van der Waals surface area contributed by atoms with Gasteiger partial charge in [0.1, 0.15) is 5.76 Å². The Morgan fingerprint density at radius 3 is 2.64 bits per heavy atom. The molecule has 0 aromatic carbocycles. The number of hydrogen-bond acceptors (Lipinski definition) is 3. The molecule has 1 aromatic rings. The zero-order valence-corrected chi connectivity index (χ0v) is 11.3. The number of rotatable bonds is 5. The van der Waals surface area contributed by atoms with E-state index in [-0.39, 0.29) is 0 Å². The number of oxazole rings is 1. The topological polar surface area (TPSA) is 26.0 Å². The van der Waals surface area contributed by atoms with Crippen molar-refractivity contribution >= 4 is 19.8 Å². The Morgan fingerprint density at radius 2 is 2.14 bits per heavy atom. The van der Waals surface area contributed by atoms with E-state index in [9.17, 15) is 0 Å². The highest BCUT2D eigenvalue weighted by Gasteiger charge is 2.12. The van der Waals surface area contributed by atoms with Crippen LogP contribution in [0.3, 0.4) is 0 Å². The number of aryl methyl sites for hydroxylation is 1. The van der Waals surface area contributed by atoms with Crippen LogP contribution in [0.1, 0.15) is 11.7 Å². The van der Waals surface area contributed by atoms with Crippen molar-refractivity contribution in [2.75, 3.05) is 5.75 Å². The van der Waals surface area contributed by atoms with E-state index < -0.39 is 8.07 Å². The van der Waals surface area contributed by atoms with Crippen LogP contribution in [-0.4, -0.2) is 18.8 Å². The van der Waals surface area contributed by atoms with Crippen LogP contribution >= 0.6 is 11.8 Å². The molecule has 0 N–H and O–H groups in total. The molecule has 2 nitrogen and oxygen atoms in total. The quantitative estimate of drug-likeness (QED) is 0.570. The number of nitrogens with zero attached hydrogens (tertiary/aromatic N) is 1. The molecule has 0 aliphatic carbocycles. The largest absolute Gasteiger partial charge is 0.445 e. The van der Waals surface area contributed by atoms with Crippen LogP contribution in [0.4, 0.5) is 0 Å². The minimum Gasteiger partial charge on any atom is -0.445 e. The third kappa shape index (κ3) is 4.86. The maximum Gasteiger partial charge on any atom is 0.204 e. The maximum atomic E-state index is 5.40. The van der Waals surface area contributed by atoms with Crippen molar-refractivity contribution in [3.63, 3.8) is 0 Å². The Labute approximate surface area is 91.5 Å². The van der Waals surface area contributed by atoms with Crippen LogP contribution in [0.2, 0.25) is 25.7 Å². The molecule has 80 valence electrons. The second-order valence-corrected chi connectivity index (χ2v) is 11.5. The summed E-state index contributed by atoms with van der Waals surface area (Å²) in [4.78, 5) is 4.17. The third-order valence-electron chi connectivity index (χ3n) is 1.89. The summed E-state index contributed by atoms with van der Waals surface area (Å²) >= 11 is 1.93. The highest BCUT2D eigenvalue weighted by atomic mass is 32.2. The molecule has 0 saturated carbocycles.